The molecule has 2 heterocycles. The fourth-order valence-electron chi connectivity index (χ4n) is 2.30. The predicted octanol–water partition coefficient (Wildman–Crippen LogP) is 3.31. The molecule has 0 aliphatic carbocycles. The molecule has 0 amide bonds. The summed E-state index contributed by atoms with van der Waals surface area (Å²) in [4.78, 5) is 15.1. The first-order valence-electron chi connectivity index (χ1n) is 7.87. The van der Waals surface area contributed by atoms with E-state index in [9.17, 15) is 0 Å². The fraction of sp³-hybridized carbons (Fsp3) is 0.278. The molecule has 5 heteroatoms. The lowest BCUT2D eigenvalue weighted by Crippen LogP contribution is -2.22. The van der Waals surface area contributed by atoms with Crippen LogP contribution in [0.2, 0.25) is 0 Å². The quantitative estimate of drug-likeness (QED) is 0.801. The van der Waals surface area contributed by atoms with Crippen molar-refractivity contribution in [3.05, 3.63) is 54.4 Å². The maximum Gasteiger partial charge on any atom is 0.222 e. The summed E-state index contributed by atoms with van der Waals surface area (Å²) in [5.41, 5.74) is 7.74. The van der Waals surface area contributed by atoms with Crippen molar-refractivity contribution in [1.29, 1.82) is 0 Å². The van der Waals surface area contributed by atoms with Crippen molar-refractivity contribution in [1.82, 2.24) is 15.0 Å². The second-order valence-electron chi connectivity index (χ2n) is 4.92. The zero-order chi connectivity index (χ0) is 16.7. The number of hydrogen-bond donors (Lipinski definition) is 1. The molecule has 23 heavy (non-hydrogen) atoms. The van der Waals surface area contributed by atoms with E-state index in [4.69, 9.17) is 5.73 Å². The molecule has 0 aliphatic heterocycles. The normalized spacial score (nSPS) is 10.0. The van der Waals surface area contributed by atoms with Gasteiger partial charge in [-0.05, 0) is 24.3 Å². The average molecular weight is 309 g/mol. The van der Waals surface area contributed by atoms with E-state index in [1.165, 1.54) is 0 Å². The Morgan fingerprint density at radius 1 is 1.00 bits per heavy atom. The van der Waals surface area contributed by atoms with Crippen LogP contribution in [0.4, 0.5) is 11.8 Å². The van der Waals surface area contributed by atoms with Crippen LogP contribution in [0, 0.1) is 0 Å². The van der Waals surface area contributed by atoms with E-state index >= 15 is 0 Å². The van der Waals surface area contributed by atoms with E-state index < -0.39 is 0 Å². The molecule has 0 atom stereocenters. The number of rotatable bonds is 4. The Bertz CT molecular complexity index is 743. The number of benzene rings is 1. The van der Waals surface area contributed by atoms with Gasteiger partial charge in [-0.25, -0.2) is 4.98 Å². The summed E-state index contributed by atoms with van der Waals surface area (Å²) in [5, 5.41) is 1.01. The van der Waals surface area contributed by atoms with Gasteiger partial charge in [0.05, 0.1) is 5.52 Å². The lowest BCUT2D eigenvalue weighted by atomic mass is 10.2. The molecule has 1 aromatic carbocycles. The van der Waals surface area contributed by atoms with Crippen LogP contribution in [0.5, 0.6) is 0 Å². The maximum absolute atomic E-state index is 5.81. The van der Waals surface area contributed by atoms with Crippen LogP contribution in [0.25, 0.3) is 10.9 Å². The third kappa shape index (κ3) is 4.16. The van der Waals surface area contributed by atoms with E-state index in [1.54, 1.807) is 0 Å². The van der Waals surface area contributed by atoms with Gasteiger partial charge in [0.15, 0.2) is 0 Å². The van der Waals surface area contributed by atoms with Gasteiger partial charge in [0.2, 0.25) is 5.95 Å². The Balaban J connectivity index is 0.000000924. The first-order chi connectivity index (χ1) is 11.2. The monoisotopic (exact) mass is 309 g/mol. The number of likely N-dealkylation sites (N-methyl/N-ethyl adjacent to an activating group) is 1. The third-order valence-corrected chi connectivity index (χ3v) is 3.39. The van der Waals surface area contributed by atoms with Crippen LogP contribution in [-0.4, -0.2) is 28.5 Å². The van der Waals surface area contributed by atoms with Crippen molar-refractivity contribution in [2.24, 2.45) is 0 Å². The highest BCUT2D eigenvalue weighted by Gasteiger charge is 2.10. The molecule has 5 nitrogen and oxygen atoms in total. The molecule has 0 fully saturated rings. The van der Waals surface area contributed by atoms with E-state index in [-0.39, 0.29) is 0 Å². The van der Waals surface area contributed by atoms with Gasteiger partial charge in [0, 0.05) is 37.3 Å². The Hall–Kier alpha value is -2.69. The van der Waals surface area contributed by atoms with Gasteiger partial charge in [-0.2, -0.15) is 4.98 Å². The van der Waals surface area contributed by atoms with Crippen LogP contribution in [0.15, 0.2) is 48.7 Å². The lowest BCUT2D eigenvalue weighted by molar-refractivity contribution is 0.842. The van der Waals surface area contributed by atoms with Gasteiger partial charge in [-0.1, -0.05) is 32.0 Å². The van der Waals surface area contributed by atoms with Gasteiger partial charge in [0.25, 0.3) is 0 Å². The van der Waals surface area contributed by atoms with Gasteiger partial charge < -0.3 is 10.6 Å². The molecule has 0 aliphatic rings. The summed E-state index contributed by atoms with van der Waals surface area (Å²) < 4.78 is 0. The van der Waals surface area contributed by atoms with Crippen molar-refractivity contribution < 1.29 is 0 Å². The number of anilines is 2. The summed E-state index contributed by atoms with van der Waals surface area (Å²) in [6.07, 6.45) is 2.67. The fourth-order valence-corrected chi connectivity index (χ4v) is 2.30. The molecule has 2 aromatic heterocycles. The number of pyridine rings is 1. The Morgan fingerprint density at radius 3 is 2.48 bits per heavy atom. The highest BCUT2D eigenvalue weighted by atomic mass is 15.2. The van der Waals surface area contributed by atoms with E-state index in [2.05, 4.69) is 19.9 Å². The topological polar surface area (TPSA) is 67.9 Å². The lowest BCUT2D eigenvalue weighted by Gasteiger charge is -2.19. The van der Waals surface area contributed by atoms with Gasteiger partial charge in [-0.3, -0.25) is 4.98 Å². The number of nitrogens with two attached hydrogens (primary N) is 1. The Kier molecular flexibility index (Phi) is 5.86. The van der Waals surface area contributed by atoms with Crippen LogP contribution in [-0.2, 0) is 6.42 Å². The number of aromatic nitrogens is 3. The molecule has 0 spiro atoms. The summed E-state index contributed by atoms with van der Waals surface area (Å²) >= 11 is 0. The van der Waals surface area contributed by atoms with Gasteiger partial charge in [-0.15, -0.1) is 0 Å². The smallest absolute Gasteiger partial charge is 0.222 e. The highest BCUT2D eigenvalue weighted by molar-refractivity contribution is 5.90. The van der Waals surface area contributed by atoms with E-state index in [0.717, 1.165) is 35.4 Å². The average Bonchev–Trinajstić information content (AvgIpc) is 2.61. The molecule has 2 N–H and O–H groups in total. The first kappa shape index (κ1) is 16.7. The minimum absolute atomic E-state index is 0.299. The van der Waals surface area contributed by atoms with Crippen molar-refractivity contribution in [2.45, 2.75) is 20.3 Å². The summed E-state index contributed by atoms with van der Waals surface area (Å²) in [6, 6.07) is 13.8. The molecule has 0 radical (unpaired) electrons. The maximum atomic E-state index is 5.81. The predicted molar refractivity (Wildman–Crippen MR) is 96.5 cm³/mol. The molecule has 3 rings (SSSR count). The molecule has 0 unspecified atom stereocenters. The number of para-hydroxylation sites is 1. The summed E-state index contributed by atoms with van der Waals surface area (Å²) in [6.45, 7) is 4.82. The summed E-state index contributed by atoms with van der Waals surface area (Å²) in [7, 11) is 2.01. The Labute approximate surface area is 137 Å². The van der Waals surface area contributed by atoms with Crippen molar-refractivity contribution in [2.75, 3.05) is 24.2 Å². The largest absolute Gasteiger partial charge is 0.368 e. The highest BCUT2D eigenvalue weighted by Crippen LogP contribution is 2.23. The molecule has 0 bridgehead atoms. The zero-order valence-corrected chi connectivity index (χ0v) is 13.9. The summed E-state index contributed by atoms with van der Waals surface area (Å²) in [5.74, 6) is 1.16. The van der Waals surface area contributed by atoms with Crippen LogP contribution >= 0.6 is 0 Å². The number of nitrogen functional groups attached to an aromatic ring is 1. The second-order valence-corrected chi connectivity index (χ2v) is 4.92. The SMILES string of the molecule is CC.CN(CCc1ccccn1)c1nc(N)nc2ccccc12. The van der Waals surface area contributed by atoms with Crippen molar-refractivity contribution >= 4 is 22.7 Å². The molecular weight excluding hydrogens is 286 g/mol. The first-order valence-corrected chi connectivity index (χ1v) is 7.87. The van der Waals surface area contributed by atoms with E-state index in [1.807, 2.05) is 69.6 Å². The Morgan fingerprint density at radius 2 is 1.74 bits per heavy atom. The number of nitrogens with zero attached hydrogens (tertiary/aromatic N) is 4. The minimum Gasteiger partial charge on any atom is -0.368 e. The van der Waals surface area contributed by atoms with Gasteiger partial charge >= 0.3 is 0 Å². The van der Waals surface area contributed by atoms with Crippen LogP contribution < -0.4 is 10.6 Å². The van der Waals surface area contributed by atoms with Crippen molar-refractivity contribution in [3.63, 3.8) is 0 Å². The second kappa shape index (κ2) is 8.08. The minimum atomic E-state index is 0.299. The molecule has 0 saturated heterocycles. The molecule has 0 saturated carbocycles. The number of hydrogen-bond acceptors (Lipinski definition) is 5. The standard InChI is InChI=1S/C16H17N5.C2H6/c1-21(11-9-12-6-4-5-10-18-12)15-13-7-2-3-8-14(13)19-16(17)20-15;1-2/h2-8,10H,9,11H2,1H3,(H2,17,19,20);1-2H3. The van der Waals surface area contributed by atoms with E-state index in [0.29, 0.717) is 5.95 Å². The molecule has 120 valence electrons. The third-order valence-electron chi connectivity index (χ3n) is 3.39. The molecule has 3 aromatic rings. The zero-order valence-electron chi connectivity index (χ0n) is 13.9. The molecular formula is C18H23N5. The van der Waals surface area contributed by atoms with Crippen LogP contribution in [0.3, 0.4) is 0 Å². The van der Waals surface area contributed by atoms with Gasteiger partial charge in [0.1, 0.15) is 5.82 Å². The van der Waals surface area contributed by atoms with Crippen molar-refractivity contribution in [3.8, 4) is 0 Å². The van der Waals surface area contributed by atoms with Crippen LogP contribution in [0.1, 0.15) is 19.5 Å². The number of fused-ring (bicyclic) bond motifs is 1.